The van der Waals surface area contributed by atoms with Crippen molar-refractivity contribution in [1.29, 1.82) is 0 Å². The number of amides is 1. The SMILES string of the molecule is CN(C)C(CNC(=O)Cn1ncc(=O)c2ccccc21)c1cccc(F)c1. The number of para-hydroxylation sites is 1. The van der Waals surface area contributed by atoms with Crippen LogP contribution in [0.1, 0.15) is 11.6 Å². The molecule has 1 amide bonds. The Bertz CT molecular complexity index is 1020. The number of hydrogen-bond acceptors (Lipinski definition) is 4. The number of likely N-dealkylation sites (N-methyl/N-ethyl adjacent to an activating group) is 1. The van der Waals surface area contributed by atoms with Crippen LogP contribution in [0.5, 0.6) is 0 Å². The van der Waals surface area contributed by atoms with Gasteiger partial charge in [0.2, 0.25) is 11.3 Å². The molecular weight excluding hydrogens is 347 g/mol. The lowest BCUT2D eigenvalue weighted by Crippen LogP contribution is -2.36. The third-order valence-corrected chi connectivity index (χ3v) is 4.40. The Kier molecular flexibility index (Phi) is 5.61. The summed E-state index contributed by atoms with van der Waals surface area (Å²) in [6.07, 6.45) is 1.21. The molecule has 1 atom stereocenters. The number of halogens is 1. The maximum atomic E-state index is 13.5. The third kappa shape index (κ3) is 4.38. The van der Waals surface area contributed by atoms with Gasteiger partial charge in [0.05, 0.1) is 17.8 Å². The van der Waals surface area contributed by atoms with Crippen molar-refractivity contribution in [3.8, 4) is 0 Å². The lowest BCUT2D eigenvalue weighted by molar-refractivity contribution is -0.122. The molecule has 3 rings (SSSR count). The predicted molar refractivity (Wildman–Crippen MR) is 102 cm³/mol. The van der Waals surface area contributed by atoms with Crippen LogP contribution in [0.2, 0.25) is 0 Å². The second-order valence-electron chi connectivity index (χ2n) is 6.52. The van der Waals surface area contributed by atoms with E-state index >= 15 is 0 Å². The van der Waals surface area contributed by atoms with Crippen molar-refractivity contribution in [2.24, 2.45) is 0 Å². The Morgan fingerprint density at radius 1 is 1.22 bits per heavy atom. The molecule has 0 spiro atoms. The minimum atomic E-state index is -0.311. The van der Waals surface area contributed by atoms with E-state index in [9.17, 15) is 14.0 Å². The number of aromatic nitrogens is 2. The minimum absolute atomic E-state index is 0.00983. The van der Waals surface area contributed by atoms with Gasteiger partial charge >= 0.3 is 0 Å². The van der Waals surface area contributed by atoms with Gasteiger partial charge in [-0.3, -0.25) is 14.3 Å². The van der Waals surface area contributed by atoms with E-state index in [1.54, 1.807) is 30.3 Å². The van der Waals surface area contributed by atoms with Gasteiger partial charge in [0.15, 0.2) is 0 Å². The van der Waals surface area contributed by atoms with Crippen LogP contribution < -0.4 is 10.7 Å². The van der Waals surface area contributed by atoms with Crippen molar-refractivity contribution in [3.63, 3.8) is 0 Å². The highest BCUT2D eigenvalue weighted by Gasteiger charge is 2.16. The van der Waals surface area contributed by atoms with Crippen molar-refractivity contribution in [2.45, 2.75) is 12.6 Å². The van der Waals surface area contributed by atoms with Gasteiger partial charge in [0, 0.05) is 11.9 Å². The number of rotatable bonds is 6. The summed E-state index contributed by atoms with van der Waals surface area (Å²) in [5.41, 5.74) is 1.21. The Hall–Kier alpha value is -3.06. The number of carbonyl (C=O) groups excluding carboxylic acids is 1. The van der Waals surface area contributed by atoms with Crippen LogP contribution in [0.15, 0.2) is 59.5 Å². The molecule has 0 aliphatic heterocycles. The normalized spacial score (nSPS) is 12.3. The van der Waals surface area contributed by atoms with Crippen LogP contribution >= 0.6 is 0 Å². The average Bonchev–Trinajstić information content (AvgIpc) is 2.64. The number of nitrogens with zero attached hydrogens (tertiary/aromatic N) is 3. The molecule has 0 aliphatic carbocycles. The Labute approximate surface area is 156 Å². The summed E-state index contributed by atoms with van der Waals surface area (Å²) in [5, 5.41) is 7.45. The first kappa shape index (κ1) is 18.7. The quantitative estimate of drug-likeness (QED) is 0.722. The van der Waals surface area contributed by atoms with E-state index in [0.29, 0.717) is 17.4 Å². The fourth-order valence-electron chi connectivity index (χ4n) is 3.00. The highest BCUT2D eigenvalue weighted by Crippen LogP contribution is 2.18. The molecule has 6 nitrogen and oxygen atoms in total. The molecule has 0 saturated heterocycles. The third-order valence-electron chi connectivity index (χ3n) is 4.40. The zero-order valence-electron chi connectivity index (χ0n) is 15.2. The van der Waals surface area contributed by atoms with E-state index < -0.39 is 0 Å². The first-order valence-electron chi connectivity index (χ1n) is 8.59. The van der Waals surface area contributed by atoms with Crippen molar-refractivity contribution in [2.75, 3.05) is 20.6 Å². The smallest absolute Gasteiger partial charge is 0.241 e. The monoisotopic (exact) mass is 368 g/mol. The van der Waals surface area contributed by atoms with Gasteiger partial charge in [-0.2, -0.15) is 5.10 Å². The predicted octanol–water partition coefficient (Wildman–Crippen LogP) is 1.95. The Morgan fingerprint density at radius 3 is 2.74 bits per heavy atom. The number of nitrogens with one attached hydrogen (secondary N) is 1. The molecule has 27 heavy (non-hydrogen) atoms. The minimum Gasteiger partial charge on any atom is -0.353 e. The highest BCUT2D eigenvalue weighted by molar-refractivity contribution is 5.81. The van der Waals surface area contributed by atoms with Crippen molar-refractivity contribution < 1.29 is 9.18 Å². The summed E-state index contributed by atoms with van der Waals surface area (Å²) in [5.74, 6) is -0.547. The van der Waals surface area contributed by atoms with Crippen molar-refractivity contribution in [1.82, 2.24) is 20.0 Å². The standard InChI is InChI=1S/C20H21FN4O2/c1-24(2)18(14-6-5-7-15(21)10-14)11-22-20(27)13-25-17-9-4-3-8-16(17)19(26)12-23-25/h3-10,12,18H,11,13H2,1-2H3,(H,22,27). The molecule has 0 fully saturated rings. The number of fused-ring (bicyclic) bond motifs is 1. The first-order valence-corrected chi connectivity index (χ1v) is 8.59. The van der Waals surface area contributed by atoms with Crippen molar-refractivity contribution in [3.05, 3.63) is 76.3 Å². The lowest BCUT2D eigenvalue weighted by Gasteiger charge is -2.25. The number of carbonyl (C=O) groups is 1. The first-order chi connectivity index (χ1) is 13.0. The molecule has 1 unspecified atom stereocenters. The summed E-state index contributed by atoms with van der Waals surface area (Å²) >= 11 is 0. The van der Waals surface area contributed by atoms with Crippen LogP contribution in [0.3, 0.4) is 0 Å². The van der Waals surface area contributed by atoms with E-state index in [0.717, 1.165) is 5.56 Å². The average molecular weight is 368 g/mol. The summed E-state index contributed by atoms with van der Waals surface area (Å²) < 4.78 is 15.0. The molecule has 3 aromatic rings. The van der Waals surface area contributed by atoms with Gasteiger partial charge in [-0.1, -0.05) is 24.3 Å². The van der Waals surface area contributed by atoms with Gasteiger partial charge in [-0.25, -0.2) is 4.39 Å². The summed E-state index contributed by atoms with van der Waals surface area (Å²) in [7, 11) is 3.75. The van der Waals surface area contributed by atoms with Crippen LogP contribution in [0.4, 0.5) is 4.39 Å². The fourth-order valence-corrected chi connectivity index (χ4v) is 3.00. The summed E-state index contributed by atoms with van der Waals surface area (Å²) in [6, 6.07) is 13.2. The molecule has 1 N–H and O–H groups in total. The maximum absolute atomic E-state index is 13.5. The Balaban J connectivity index is 1.72. The van der Waals surface area contributed by atoms with Gasteiger partial charge in [0.25, 0.3) is 0 Å². The van der Waals surface area contributed by atoms with Gasteiger partial charge in [-0.15, -0.1) is 0 Å². The van der Waals surface area contributed by atoms with E-state index in [2.05, 4.69) is 10.4 Å². The lowest BCUT2D eigenvalue weighted by atomic mass is 10.1. The topological polar surface area (TPSA) is 67.2 Å². The van der Waals surface area contributed by atoms with Crippen LogP contribution in [0, 0.1) is 5.82 Å². The number of benzene rings is 2. The zero-order chi connectivity index (χ0) is 19.4. The van der Waals surface area contributed by atoms with Crippen molar-refractivity contribution >= 4 is 16.8 Å². The highest BCUT2D eigenvalue weighted by atomic mass is 19.1. The van der Waals surface area contributed by atoms with Crippen LogP contribution in [-0.2, 0) is 11.3 Å². The van der Waals surface area contributed by atoms with Crippen LogP contribution in [0.25, 0.3) is 10.9 Å². The summed E-state index contributed by atoms with van der Waals surface area (Å²) in [6.45, 7) is 0.317. The van der Waals surface area contributed by atoms with Gasteiger partial charge in [0.1, 0.15) is 12.4 Å². The molecule has 140 valence electrons. The largest absolute Gasteiger partial charge is 0.353 e. The number of hydrogen-bond donors (Lipinski definition) is 1. The fraction of sp³-hybridized carbons (Fsp3) is 0.250. The van der Waals surface area contributed by atoms with E-state index in [1.165, 1.54) is 23.0 Å². The second-order valence-corrected chi connectivity index (χ2v) is 6.52. The maximum Gasteiger partial charge on any atom is 0.241 e. The Morgan fingerprint density at radius 2 is 2.00 bits per heavy atom. The molecule has 0 bridgehead atoms. The molecule has 0 saturated carbocycles. The molecule has 0 aliphatic rings. The van der Waals surface area contributed by atoms with Gasteiger partial charge < -0.3 is 10.2 Å². The van der Waals surface area contributed by atoms with E-state index in [4.69, 9.17) is 0 Å². The molecule has 1 aromatic heterocycles. The molecule has 1 heterocycles. The summed E-state index contributed by atoms with van der Waals surface area (Å²) in [4.78, 5) is 26.2. The molecule has 0 radical (unpaired) electrons. The molecular formula is C20H21FN4O2. The molecule has 2 aromatic carbocycles. The van der Waals surface area contributed by atoms with Crippen LogP contribution in [-0.4, -0.2) is 41.2 Å². The van der Waals surface area contributed by atoms with E-state index in [1.807, 2.05) is 25.1 Å². The molecule has 7 heteroatoms. The zero-order valence-corrected chi connectivity index (χ0v) is 15.2. The van der Waals surface area contributed by atoms with E-state index in [-0.39, 0.29) is 29.7 Å². The van der Waals surface area contributed by atoms with Gasteiger partial charge in [-0.05, 0) is 43.9 Å². The second kappa shape index (κ2) is 8.09.